The molecule has 0 unspecified atom stereocenters. The van der Waals surface area contributed by atoms with Crippen molar-refractivity contribution in [2.75, 3.05) is 43.0 Å². The highest BCUT2D eigenvalue weighted by molar-refractivity contribution is 5.73. The second kappa shape index (κ2) is 6.27. The van der Waals surface area contributed by atoms with Crippen molar-refractivity contribution in [3.05, 3.63) is 24.3 Å². The summed E-state index contributed by atoms with van der Waals surface area (Å²) >= 11 is 0. The molecule has 0 aromatic heterocycles. The minimum absolute atomic E-state index is 0.413. The molecule has 1 saturated carbocycles. The van der Waals surface area contributed by atoms with E-state index in [0.717, 1.165) is 26.2 Å². The lowest BCUT2D eigenvalue weighted by molar-refractivity contribution is 0.184. The number of likely N-dealkylation sites (N-methyl/N-ethyl adjacent to an activating group) is 1. The van der Waals surface area contributed by atoms with Gasteiger partial charge in [-0.25, -0.2) is 0 Å². The van der Waals surface area contributed by atoms with Gasteiger partial charge in [0.1, 0.15) is 0 Å². The predicted octanol–water partition coefficient (Wildman–Crippen LogP) is 3.24. The Labute approximate surface area is 129 Å². The van der Waals surface area contributed by atoms with Gasteiger partial charge in [-0.3, -0.25) is 0 Å². The Bertz CT molecular complexity index is 465. The van der Waals surface area contributed by atoms with Gasteiger partial charge in [0.15, 0.2) is 0 Å². The SMILES string of the molecule is CN1CCN(CCC2(CN)CCCCC2)c2ccccc21. The molecule has 0 saturated heterocycles. The van der Waals surface area contributed by atoms with Crippen LogP contribution >= 0.6 is 0 Å². The van der Waals surface area contributed by atoms with Crippen molar-refractivity contribution in [2.24, 2.45) is 11.1 Å². The fraction of sp³-hybridized carbons (Fsp3) is 0.667. The molecule has 3 heteroatoms. The van der Waals surface area contributed by atoms with Crippen LogP contribution in [0.5, 0.6) is 0 Å². The highest BCUT2D eigenvalue weighted by Crippen LogP contribution is 2.40. The topological polar surface area (TPSA) is 32.5 Å². The number of rotatable bonds is 4. The molecule has 1 aromatic carbocycles. The molecule has 3 rings (SSSR count). The lowest BCUT2D eigenvalue weighted by Gasteiger charge is -2.41. The second-order valence-electron chi connectivity index (χ2n) is 6.91. The van der Waals surface area contributed by atoms with Crippen LogP contribution in [-0.2, 0) is 0 Å². The Balaban J connectivity index is 1.69. The highest BCUT2D eigenvalue weighted by atomic mass is 15.2. The van der Waals surface area contributed by atoms with Crippen molar-refractivity contribution in [2.45, 2.75) is 38.5 Å². The number of hydrogen-bond acceptors (Lipinski definition) is 3. The van der Waals surface area contributed by atoms with Gasteiger partial charge >= 0.3 is 0 Å². The largest absolute Gasteiger partial charge is 0.371 e. The van der Waals surface area contributed by atoms with Gasteiger partial charge < -0.3 is 15.5 Å². The maximum atomic E-state index is 6.14. The van der Waals surface area contributed by atoms with Crippen LogP contribution in [0.1, 0.15) is 38.5 Å². The standard InChI is InChI=1S/C18H29N3/c1-20-13-14-21(17-8-4-3-7-16(17)20)12-11-18(15-19)9-5-2-6-10-18/h3-4,7-8H,2,5-6,9-15,19H2,1H3. The third-order valence-corrected chi connectivity index (χ3v) is 5.60. The monoisotopic (exact) mass is 287 g/mol. The number of anilines is 2. The van der Waals surface area contributed by atoms with Crippen molar-refractivity contribution in [1.29, 1.82) is 0 Å². The summed E-state index contributed by atoms with van der Waals surface area (Å²) in [5.41, 5.74) is 9.32. The minimum atomic E-state index is 0.413. The molecule has 0 radical (unpaired) electrons. The molecule has 2 N–H and O–H groups in total. The van der Waals surface area contributed by atoms with E-state index in [1.807, 2.05) is 0 Å². The summed E-state index contributed by atoms with van der Waals surface area (Å²) in [4.78, 5) is 4.94. The molecule has 0 amide bonds. The van der Waals surface area contributed by atoms with Crippen LogP contribution in [0.2, 0.25) is 0 Å². The molecule has 116 valence electrons. The molecule has 2 aliphatic rings. The van der Waals surface area contributed by atoms with Crippen molar-refractivity contribution in [3.63, 3.8) is 0 Å². The van der Waals surface area contributed by atoms with Gasteiger partial charge in [0.2, 0.25) is 0 Å². The first-order valence-corrected chi connectivity index (χ1v) is 8.49. The number of benzene rings is 1. The van der Waals surface area contributed by atoms with Crippen LogP contribution in [0.15, 0.2) is 24.3 Å². The Kier molecular flexibility index (Phi) is 4.39. The van der Waals surface area contributed by atoms with Gasteiger partial charge in [0, 0.05) is 26.7 Å². The van der Waals surface area contributed by atoms with Crippen LogP contribution < -0.4 is 15.5 Å². The zero-order chi connectivity index (χ0) is 14.7. The number of fused-ring (bicyclic) bond motifs is 1. The van der Waals surface area contributed by atoms with E-state index >= 15 is 0 Å². The van der Waals surface area contributed by atoms with Crippen LogP contribution in [0, 0.1) is 5.41 Å². The zero-order valence-corrected chi connectivity index (χ0v) is 13.4. The molecule has 1 heterocycles. The maximum absolute atomic E-state index is 6.14. The molecule has 3 nitrogen and oxygen atoms in total. The smallest absolute Gasteiger partial charge is 0.0604 e. The quantitative estimate of drug-likeness (QED) is 0.922. The Hall–Kier alpha value is -1.22. The Morgan fingerprint density at radius 3 is 2.48 bits per heavy atom. The van der Waals surface area contributed by atoms with Gasteiger partial charge in [-0.2, -0.15) is 0 Å². The molecular weight excluding hydrogens is 258 g/mol. The fourth-order valence-electron chi connectivity index (χ4n) is 4.03. The van der Waals surface area contributed by atoms with Crippen LogP contribution in [0.25, 0.3) is 0 Å². The molecule has 0 bridgehead atoms. The summed E-state index contributed by atoms with van der Waals surface area (Å²) in [6.45, 7) is 4.27. The van der Waals surface area contributed by atoms with Gasteiger partial charge in [-0.1, -0.05) is 31.4 Å². The Morgan fingerprint density at radius 1 is 1.05 bits per heavy atom. The average molecular weight is 287 g/mol. The van der Waals surface area contributed by atoms with E-state index in [9.17, 15) is 0 Å². The number of nitrogens with two attached hydrogens (primary N) is 1. The average Bonchev–Trinajstić information content (AvgIpc) is 2.55. The third-order valence-electron chi connectivity index (χ3n) is 5.60. The summed E-state index contributed by atoms with van der Waals surface area (Å²) in [5, 5.41) is 0. The number of para-hydroxylation sites is 2. The van der Waals surface area contributed by atoms with Crippen LogP contribution in [-0.4, -0.2) is 33.2 Å². The molecule has 0 spiro atoms. The molecular formula is C18H29N3. The molecule has 0 atom stereocenters. The van der Waals surface area contributed by atoms with Crippen molar-refractivity contribution >= 4 is 11.4 Å². The second-order valence-corrected chi connectivity index (χ2v) is 6.91. The van der Waals surface area contributed by atoms with Gasteiger partial charge in [-0.05, 0) is 43.4 Å². The first kappa shape index (κ1) is 14.7. The van der Waals surface area contributed by atoms with Crippen molar-refractivity contribution in [3.8, 4) is 0 Å². The summed E-state index contributed by atoms with van der Waals surface area (Å²) in [6, 6.07) is 8.80. The molecule has 1 aliphatic carbocycles. The van der Waals surface area contributed by atoms with E-state index in [-0.39, 0.29) is 0 Å². The van der Waals surface area contributed by atoms with E-state index in [1.165, 1.54) is 49.9 Å². The lowest BCUT2D eigenvalue weighted by Crippen LogP contribution is -2.42. The number of hydrogen-bond donors (Lipinski definition) is 1. The summed E-state index contributed by atoms with van der Waals surface area (Å²) in [6.07, 6.45) is 8.06. The summed E-state index contributed by atoms with van der Waals surface area (Å²) in [5.74, 6) is 0. The molecule has 1 aromatic rings. The normalized spacial score (nSPS) is 21.2. The highest BCUT2D eigenvalue weighted by Gasteiger charge is 2.31. The lowest BCUT2D eigenvalue weighted by atomic mass is 9.72. The van der Waals surface area contributed by atoms with Gasteiger partial charge in [-0.15, -0.1) is 0 Å². The van der Waals surface area contributed by atoms with Crippen molar-refractivity contribution < 1.29 is 0 Å². The van der Waals surface area contributed by atoms with E-state index in [1.54, 1.807) is 0 Å². The number of nitrogens with zero attached hydrogens (tertiary/aromatic N) is 2. The van der Waals surface area contributed by atoms with Crippen LogP contribution in [0.4, 0.5) is 11.4 Å². The zero-order valence-electron chi connectivity index (χ0n) is 13.4. The van der Waals surface area contributed by atoms with E-state index in [4.69, 9.17) is 5.73 Å². The molecule has 21 heavy (non-hydrogen) atoms. The third kappa shape index (κ3) is 3.03. The van der Waals surface area contributed by atoms with E-state index in [0.29, 0.717) is 5.41 Å². The minimum Gasteiger partial charge on any atom is -0.371 e. The van der Waals surface area contributed by atoms with Crippen LogP contribution in [0.3, 0.4) is 0 Å². The predicted molar refractivity (Wildman–Crippen MR) is 91.1 cm³/mol. The first-order chi connectivity index (χ1) is 10.2. The first-order valence-electron chi connectivity index (χ1n) is 8.49. The fourth-order valence-corrected chi connectivity index (χ4v) is 4.03. The van der Waals surface area contributed by atoms with Gasteiger partial charge in [0.25, 0.3) is 0 Å². The maximum Gasteiger partial charge on any atom is 0.0604 e. The van der Waals surface area contributed by atoms with E-state index in [2.05, 4.69) is 41.1 Å². The molecule has 1 fully saturated rings. The summed E-state index contributed by atoms with van der Waals surface area (Å²) in [7, 11) is 2.19. The van der Waals surface area contributed by atoms with Crippen molar-refractivity contribution in [1.82, 2.24) is 0 Å². The molecule has 1 aliphatic heterocycles. The van der Waals surface area contributed by atoms with E-state index < -0.39 is 0 Å². The Morgan fingerprint density at radius 2 is 1.76 bits per heavy atom. The summed E-state index contributed by atoms with van der Waals surface area (Å²) < 4.78 is 0. The van der Waals surface area contributed by atoms with Gasteiger partial charge in [0.05, 0.1) is 11.4 Å².